The van der Waals surface area contributed by atoms with Crippen molar-refractivity contribution >= 4 is 17.7 Å². The highest BCUT2D eigenvalue weighted by atomic mass is 16.1. The topological polar surface area (TPSA) is 44.9 Å². The van der Waals surface area contributed by atoms with E-state index in [0.717, 1.165) is 6.42 Å². The first-order valence-electron chi connectivity index (χ1n) is 9.32. The van der Waals surface area contributed by atoms with Crippen LogP contribution in [0.2, 0.25) is 0 Å². The van der Waals surface area contributed by atoms with Gasteiger partial charge in [0.2, 0.25) is 0 Å². The smallest absolute Gasteiger partial charge is 0.106 e. The average Bonchev–Trinajstić information content (AvgIpc) is 3.12. The van der Waals surface area contributed by atoms with Gasteiger partial charge in [-0.25, -0.2) is 0 Å². The van der Waals surface area contributed by atoms with Crippen LogP contribution >= 0.6 is 0 Å². The lowest BCUT2D eigenvalue weighted by molar-refractivity contribution is -0.0979. The highest BCUT2D eigenvalue weighted by molar-refractivity contribution is 5.83. The summed E-state index contributed by atoms with van der Waals surface area (Å²) < 4.78 is 0. The molecule has 0 aliphatic rings. The molecule has 24 heavy (non-hydrogen) atoms. The summed E-state index contributed by atoms with van der Waals surface area (Å²) in [4.78, 5) is 11.3. The van der Waals surface area contributed by atoms with Crippen molar-refractivity contribution in [3.05, 3.63) is 36.0 Å². The van der Waals surface area contributed by atoms with E-state index in [1.807, 2.05) is 69.2 Å². The molecule has 0 saturated heterocycles. The van der Waals surface area contributed by atoms with E-state index in [1.165, 1.54) is 16.5 Å². The van der Waals surface area contributed by atoms with Crippen molar-refractivity contribution in [2.45, 2.75) is 74.8 Å². The lowest BCUT2D eigenvalue weighted by Gasteiger charge is -2.08. The third kappa shape index (κ3) is 12.9. The second-order valence-corrected chi connectivity index (χ2v) is 3.75. The van der Waals surface area contributed by atoms with Crippen LogP contribution in [0.3, 0.4) is 0 Å². The Bertz CT molecular complexity index is 438. The van der Waals surface area contributed by atoms with Gasteiger partial charge < -0.3 is 15.1 Å². The van der Waals surface area contributed by atoms with E-state index < -0.39 is 0 Å². The molecule has 1 aromatic heterocycles. The Morgan fingerprint density at radius 3 is 1.88 bits per heavy atom. The Labute approximate surface area is 151 Å². The fraction of sp³-hybridized carbons (Fsp3) is 0.571. The van der Waals surface area contributed by atoms with Crippen LogP contribution < -0.4 is 5.32 Å². The highest BCUT2D eigenvalue weighted by Gasteiger charge is 2.05. The molecule has 2 aromatic rings. The minimum Gasteiger partial charge on any atom is -0.361 e. The molecule has 3 nitrogen and oxygen atoms in total. The summed E-state index contributed by atoms with van der Waals surface area (Å²) in [6.07, 6.45) is 3.18. The van der Waals surface area contributed by atoms with Crippen LogP contribution in [-0.4, -0.2) is 24.9 Å². The Balaban J connectivity index is -0.000000173. The molecule has 0 aliphatic heterocycles. The predicted octanol–water partition coefficient (Wildman–Crippen LogP) is 6.24. The lowest BCUT2D eigenvalue weighted by Crippen LogP contribution is -2.23. The summed E-state index contributed by atoms with van der Waals surface area (Å²) in [5.74, 6) is 0. The van der Waals surface area contributed by atoms with Crippen molar-refractivity contribution in [3.63, 3.8) is 0 Å². The summed E-state index contributed by atoms with van der Waals surface area (Å²) in [6.45, 7) is 20.2. The van der Waals surface area contributed by atoms with Crippen molar-refractivity contribution in [2.75, 3.05) is 7.05 Å². The number of benzene rings is 1. The van der Waals surface area contributed by atoms with Gasteiger partial charge in [0.1, 0.15) is 6.79 Å². The van der Waals surface area contributed by atoms with E-state index in [1.54, 1.807) is 0 Å². The first kappa shape index (κ1) is 30.3. The summed E-state index contributed by atoms with van der Waals surface area (Å²) in [5.41, 5.74) is 2.62. The zero-order valence-corrected chi connectivity index (χ0v) is 17.8. The number of rotatable bonds is 3. The number of para-hydroxylation sites is 1. The van der Waals surface area contributed by atoms with E-state index in [2.05, 4.69) is 47.7 Å². The van der Waals surface area contributed by atoms with Crippen LogP contribution in [0.4, 0.5) is 0 Å². The molecule has 0 spiro atoms. The molecule has 142 valence electrons. The molecule has 1 aromatic carbocycles. The molecule has 0 amide bonds. The van der Waals surface area contributed by atoms with Gasteiger partial charge in [-0.2, -0.15) is 0 Å². The molecule has 0 radical (unpaired) electrons. The van der Waals surface area contributed by atoms with Crippen LogP contribution in [-0.2, 0) is 11.2 Å². The largest absolute Gasteiger partial charge is 0.361 e. The monoisotopic (exact) mass is 338 g/mol. The van der Waals surface area contributed by atoms with Gasteiger partial charge in [-0.15, -0.1) is 0 Å². The first-order chi connectivity index (χ1) is 11.8. The number of likely N-dealkylation sites (N-methyl/N-ethyl adjacent to an activating group) is 1. The van der Waals surface area contributed by atoms with Gasteiger partial charge in [0.05, 0.1) is 0 Å². The van der Waals surface area contributed by atoms with Gasteiger partial charge in [0, 0.05) is 23.1 Å². The van der Waals surface area contributed by atoms with E-state index in [-0.39, 0.29) is 0 Å². The normalized spacial score (nSPS) is 8.92. The molecule has 3 heteroatoms. The quantitative estimate of drug-likeness (QED) is 0.696. The van der Waals surface area contributed by atoms with Gasteiger partial charge in [-0.3, -0.25) is 0 Å². The van der Waals surface area contributed by atoms with Crippen LogP contribution in [0.1, 0.15) is 67.9 Å². The zero-order valence-electron chi connectivity index (χ0n) is 17.8. The summed E-state index contributed by atoms with van der Waals surface area (Å²) >= 11 is 0. The molecule has 0 fully saturated rings. The number of hydrogen-bond acceptors (Lipinski definition) is 2. The number of carbonyl (C=O) groups excluding carboxylic acids is 1. The second kappa shape index (κ2) is 26.3. The van der Waals surface area contributed by atoms with E-state index in [0.29, 0.717) is 6.04 Å². The molecule has 1 atom stereocenters. The van der Waals surface area contributed by atoms with Crippen molar-refractivity contribution in [3.8, 4) is 0 Å². The van der Waals surface area contributed by atoms with E-state index in [4.69, 9.17) is 4.79 Å². The number of aromatic nitrogens is 1. The number of carbonyl (C=O) groups is 1. The lowest BCUT2D eigenvalue weighted by atomic mass is 10.1. The van der Waals surface area contributed by atoms with Crippen LogP contribution in [0.15, 0.2) is 30.5 Å². The summed E-state index contributed by atoms with van der Waals surface area (Å²) in [7, 11) is 2.00. The molecule has 2 N–H and O–H groups in total. The number of nitrogens with one attached hydrogen (secondary N) is 2. The maximum absolute atomic E-state index is 8.00. The molecular weight excluding hydrogens is 296 g/mol. The second-order valence-electron chi connectivity index (χ2n) is 3.75. The highest BCUT2D eigenvalue weighted by Crippen LogP contribution is 2.18. The van der Waals surface area contributed by atoms with Gasteiger partial charge >= 0.3 is 0 Å². The van der Waals surface area contributed by atoms with E-state index >= 15 is 0 Å². The maximum Gasteiger partial charge on any atom is 0.106 e. The SMILES string of the molecule is C=O.CC.CC.CC.CC.CNC(C)Cc1c[nH]c2ccccc12. The van der Waals surface area contributed by atoms with Crippen molar-refractivity contribution < 1.29 is 4.79 Å². The van der Waals surface area contributed by atoms with Crippen LogP contribution in [0.25, 0.3) is 10.9 Å². The van der Waals surface area contributed by atoms with Crippen LogP contribution in [0.5, 0.6) is 0 Å². The fourth-order valence-electron chi connectivity index (χ4n) is 1.73. The Kier molecular flexibility index (Phi) is 33.2. The van der Waals surface area contributed by atoms with Crippen LogP contribution in [0, 0.1) is 0 Å². The molecule has 0 bridgehead atoms. The average molecular weight is 339 g/mol. The Hall–Kier alpha value is -1.61. The number of fused-ring (bicyclic) bond motifs is 1. The standard InChI is InChI=1S/C12H16N2.4C2H6.CH2O/c1-9(13-2)7-10-8-14-12-6-4-3-5-11(10)12;5*1-2/h3-6,8-9,13-14H,7H2,1-2H3;4*1-2H3;1H2. The summed E-state index contributed by atoms with van der Waals surface area (Å²) in [6, 6.07) is 8.95. The third-order valence-corrected chi connectivity index (χ3v) is 2.69. The third-order valence-electron chi connectivity index (χ3n) is 2.69. The number of aromatic amines is 1. The molecular formula is C21H42N2O. The van der Waals surface area contributed by atoms with Gasteiger partial charge in [-0.05, 0) is 32.0 Å². The van der Waals surface area contributed by atoms with E-state index in [9.17, 15) is 0 Å². The Morgan fingerprint density at radius 1 is 0.958 bits per heavy atom. The molecule has 1 unspecified atom stereocenters. The van der Waals surface area contributed by atoms with Crippen molar-refractivity contribution in [2.24, 2.45) is 0 Å². The van der Waals surface area contributed by atoms with Crippen molar-refractivity contribution in [1.82, 2.24) is 10.3 Å². The minimum absolute atomic E-state index is 0.522. The zero-order chi connectivity index (χ0) is 20.0. The number of H-pyrrole nitrogens is 1. The predicted molar refractivity (Wildman–Crippen MR) is 113 cm³/mol. The molecule has 2 rings (SSSR count). The Morgan fingerprint density at radius 2 is 1.42 bits per heavy atom. The fourth-order valence-corrected chi connectivity index (χ4v) is 1.73. The molecule has 0 aliphatic carbocycles. The molecule has 1 heterocycles. The molecule has 0 saturated carbocycles. The van der Waals surface area contributed by atoms with Gasteiger partial charge in [0.15, 0.2) is 0 Å². The number of hydrogen-bond donors (Lipinski definition) is 2. The van der Waals surface area contributed by atoms with Gasteiger partial charge in [-0.1, -0.05) is 73.6 Å². The van der Waals surface area contributed by atoms with Crippen molar-refractivity contribution in [1.29, 1.82) is 0 Å². The summed E-state index contributed by atoms with van der Waals surface area (Å²) in [5, 5.41) is 4.60. The first-order valence-corrected chi connectivity index (χ1v) is 9.32. The minimum atomic E-state index is 0.522. The maximum atomic E-state index is 8.00. The van der Waals surface area contributed by atoms with Gasteiger partial charge in [0.25, 0.3) is 0 Å².